The SMILES string of the molecule is Cc1cn(C)c(=O)n(Cc2ccc(F)cc2)c1=O. The van der Waals surface area contributed by atoms with E-state index >= 15 is 0 Å². The minimum atomic E-state index is -0.380. The van der Waals surface area contributed by atoms with Crippen LogP contribution >= 0.6 is 0 Å². The lowest BCUT2D eigenvalue weighted by Crippen LogP contribution is -2.39. The number of rotatable bonds is 2. The Hall–Kier alpha value is -2.17. The van der Waals surface area contributed by atoms with Gasteiger partial charge in [0.15, 0.2) is 0 Å². The van der Waals surface area contributed by atoms with Crippen LogP contribution in [0.25, 0.3) is 0 Å². The third-order valence-electron chi connectivity index (χ3n) is 2.76. The molecule has 0 N–H and O–H groups in total. The average molecular weight is 248 g/mol. The summed E-state index contributed by atoms with van der Waals surface area (Å²) in [5.41, 5.74) is 0.512. The van der Waals surface area contributed by atoms with Crippen molar-refractivity contribution < 1.29 is 4.39 Å². The first-order chi connectivity index (χ1) is 8.49. The monoisotopic (exact) mass is 248 g/mol. The molecule has 2 aromatic rings. The minimum absolute atomic E-state index is 0.146. The van der Waals surface area contributed by atoms with Gasteiger partial charge in [0, 0.05) is 18.8 Å². The second-order valence-electron chi connectivity index (χ2n) is 4.22. The van der Waals surface area contributed by atoms with E-state index in [1.807, 2.05) is 0 Å². The van der Waals surface area contributed by atoms with Crippen molar-refractivity contribution in [1.82, 2.24) is 9.13 Å². The van der Waals surface area contributed by atoms with Gasteiger partial charge in [-0.1, -0.05) is 12.1 Å². The molecule has 1 aromatic carbocycles. The lowest BCUT2D eigenvalue weighted by atomic mass is 10.2. The van der Waals surface area contributed by atoms with Crippen LogP contribution in [0, 0.1) is 12.7 Å². The molecule has 1 heterocycles. The quantitative estimate of drug-likeness (QED) is 0.797. The molecule has 0 atom stereocenters. The van der Waals surface area contributed by atoms with Gasteiger partial charge in [-0.2, -0.15) is 0 Å². The number of benzene rings is 1. The molecule has 5 heteroatoms. The maximum atomic E-state index is 12.8. The first kappa shape index (κ1) is 12.3. The number of aromatic nitrogens is 2. The summed E-state index contributed by atoms with van der Waals surface area (Å²) in [5.74, 6) is -0.344. The molecule has 0 bridgehead atoms. The fraction of sp³-hybridized carbons (Fsp3) is 0.231. The Bertz CT molecular complexity index is 649. The zero-order valence-corrected chi connectivity index (χ0v) is 10.2. The van der Waals surface area contributed by atoms with Crippen molar-refractivity contribution in [3.05, 3.63) is 68.2 Å². The molecular formula is C13H13FN2O2. The van der Waals surface area contributed by atoms with Gasteiger partial charge in [0.2, 0.25) is 0 Å². The van der Waals surface area contributed by atoms with Gasteiger partial charge in [-0.05, 0) is 24.6 Å². The Morgan fingerprint density at radius 2 is 1.78 bits per heavy atom. The third-order valence-corrected chi connectivity index (χ3v) is 2.76. The predicted molar refractivity (Wildman–Crippen MR) is 66.2 cm³/mol. The molecule has 0 aliphatic heterocycles. The maximum absolute atomic E-state index is 12.8. The molecule has 0 spiro atoms. The second-order valence-corrected chi connectivity index (χ2v) is 4.22. The van der Waals surface area contributed by atoms with E-state index in [4.69, 9.17) is 0 Å². The number of hydrogen-bond donors (Lipinski definition) is 0. The van der Waals surface area contributed by atoms with Crippen LogP contribution in [0.2, 0.25) is 0 Å². The molecule has 0 saturated heterocycles. The lowest BCUT2D eigenvalue weighted by molar-refractivity contribution is 0.618. The van der Waals surface area contributed by atoms with Gasteiger partial charge < -0.3 is 4.57 Å². The van der Waals surface area contributed by atoms with E-state index in [9.17, 15) is 14.0 Å². The first-order valence-electron chi connectivity index (χ1n) is 5.50. The largest absolute Gasteiger partial charge is 0.331 e. The van der Waals surface area contributed by atoms with Gasteiger partial charge in [0.05, 0.1) is 6.54 Å². The summed E-state index contributed by atoms with van der Waals surface area (Å²) in [7, 11) is 1.59. The van der Waals surface area contributed by atoms with Crippen molar-refractivity contribution in [3.8, 4) is 0 Å². The van der Waals surface area contributed by atoms with Gasteiger partial charge in [-0.15, -0.1) is 0 Å². The van der Waals surface area contributed by atoms with Crippen LogP contribution in [0.15, 0.2) is 40.1 Å². The Morgan fingerprint density at radius 1 is 1.17 bits per heavy atom. The molecule has 0 unspecified atom stereocenters. The summed E-state index contributed by atoms with van der Waals surface area (Å²) in [4.78, 5) is 23.8. The van der Waals surface area contributed by atoms with Gasteiger partial charge in [-0.3, -0.25) is 9.36 Å². The first-order valence-corrected chi connectivity index (χ1v) is 5.50. The minimum Gasteiger partial charge on any atom is -0.303 e. The highest BCUT2D eigenvalue weighted by atomic mass is 19.1. The number of aryl methyl sites for hydroxylation is 2. The van der Waals surface area contributed by atoms with Crippen LogP contribution in [0.5, 0.6) is 0 Å². The van der Waals surface area contributed by atoms with E-state index in [0.717, 1.165) is 4.57 Å². The van der Waals surface area contributed by atoms with E-state index < -0.39 is 0 Å². The van der Waals surface area contributed by atoms with E-state index in [0.29, 0.717) is 11.1 Å². The highest BCUT2D eigenvalue weighted by Crippen LogP contribution is 2.03. The topological polar surface area (TPSA) is 44.0 Å². The van der Waals surface area contributed by atoms with Crippen molar-refractivity contribution in [2.24, 2.45) is 7.05 Å². The van der Waals surface area contributed by atoms with Gasteiger partial charge in [-0.25, -0.2) is 9.18 Å². The molecule has 0 amide bonds. The Labute approximate surface area is 103 Å². The Balaban J connectivity index is 2.50. The predicted octanol–water partition coefficient (Wildman–Crippen LogP) is 1.04. The van der Waals surface area contributed by atoms with Crippen molar-refractivity contribution in [2.45, 2.75) is 13.5 Å². The summed E-state index contributed by atoms with van der Waals surface area (Å²) in [6, 6.07) is 5.73. The van der Waals surface area contributed by atoms with Crippen molar-refractivity contribution in [1.29, 1.82) is 0 Å². The Kier molecular flexibility index (Phi) is 3.14. The summed E-state index contributed by atoms with van der Waals surface area (Å²) in [5, 5.41) is 0. The van der Waals surface area contributed by atoms with E-state index in [2.05, 4.69) is 0 Å². The van der Waals surface area contributed by atoms with Crippen LogP contribution in [-0.4, -0.2) is 9.13 Å². The fourth-order valence-corrected chi connectivity index (χ4v) is 1.80. The van der Waals surface area contributed by atoms with Gasteiger partial charge in [0.1, 0.15) is 5.82 Å². The molecule has 0 aliphatic carbocycles. The van der Waals surface area contributed by atoms with Crippen molar-refractivity contribution >= 4 is 0 Å². The molecule has 2 rings (SSSR count). The number of halogens is 1. The van der Waals surface area contributed by atoms with Crippen molar-refractivity contribution in [2.75, 3.05) is 0 Å². The molecular weight excluding hydrogens is 235 g/mol. The molecule has 4 nitrogen and oxygen atoms in total. The normalized spacial score (nSPS) is 10.6. The molecule has 1 aromatic heterocycles. The standard InChI is InChI=1S/C13H13FN2O2/c1-9-7-15(2)13(18)16(12(9)17)8-10-3-5-11(14)6-4-10/h3-7H,8H2,1-2H3. The number of hydrogen-bond acceptors (Lipinski definition) is 2. The highest BCUT2D eigenvalue weighted by molar-refractivity contribution is 5.17. The number of nitrogens with zero attached hydrogens (tertiary/aromatic N) is 2. The molecule has 18 heavy (non-hydrogen) atoms. The summed E-state index contributed by atoms with van der Waals surface area (Å²) >= 11 is 0. The van der Waals surface area contributed by atoms with Crippen LogP contribution in [0.4, 0.5) is 4.39 Å². The van der Waals surface area contributed by atoms with Crippen LogP contribution < -0.4 is 11.2 Å². The molecule has 94 valence electrons. The Morgan fingerprint density at radius 3 is 2.39 bits per heavy atom. The van der Waals surface area contributed by atoms with Gasteiger partial charge in [0.25, 0.3) is 5.56 Å². The summed E-state index contributed by atoms with van der Waals surface area (Å²) in [6.45, 7) is 1.80. The van der Waals surface area contributed by atoms with Crippen LogP contribution in [-0.2, 0) is 13.6 Å². The second kappa shape index (κ2) is 4.60. The summed E-state index contributed by atoms with van der Waals surface area (Å²) < 4.78 is 15.3. The lowest BCUT2D eigenvalue weighted by Gasteiger charge is -2.08. The zero-order valence-electron chi connectivity index (χ0n) is 10.2. The van der Waals surface area contributed by atoms with Crippen molar-refractivity contribution in [3.63, 3.8) is 0 Å². The summed E-state index contributed by atoms with van der Waals surface area (Å²) in [6.07, 6.45) is 1.51. The van der Waals surface area contributed by atoms with E-state index in [1.165, 1.54) is 22.9 Å². The third kappa shape index (κ3) is 2.25. The van der Waals surface area contributed by atoms with E-state index in [1.54, 1.807) is 26.1 Å². The maximum Gasteiger partial charge on any atom is 0.331 e. The average Bonchev–Trinajstić information content (AvgIpc) is 2.34. The fourth-order valence-electron chi connectivity index (χ4n) is 1.80. The smallest absolute Gasteiger partial charge is 0.303 e. The molecule has 0 radical (unpaired) electrons. The molecule has 0 aliphatic rings. The zero-order chi connectivity index (χ0) is 13.3. The van der Waals surface area contributed by atoms with Gasteiger partial charge >= 0.3 is 5.69 Å². The van der Waals surface area contributed by atoms with Crippen LogP contribution in [0.1, 0.15) is 11.1 Å². The molecule has 0 fully saturated rings. The van der Waals surface area contributed by atoms with E-state index in [-0.39, 0.29) is 23.6 Å². The molecule has 0 saturated carbocycles. The van der Waals surface area contributed by atoms with Crippen LogP contribution in [0.3, 0.4) is 0 Å². The highest BCUT2D eigenvalue weighted by Gasteiger charge is 2.07.